The molecule has 0 aliphatic carbocycles. The van der Waals surface area contributed by atoms with Crippen molar-refractivity contribution in [3.8, 4) is 28.5 Å². The fraction of sp³-hybridized carbons (Fsp3) is 0.0870. The predicted octanol–water partition coefficient (Wildman–Crippen LogP) is 4.73. The molecule has 6 nitrogen and oxygen atoms in total. The molecule has 1 atom stereocenters. The van der Waals surface area contributed by atoms with E-state index in [-0.39, 0.29) is 5.91 Å². The van der Waals surface area contributed by atoms with E-state index in [1.807, 2.05) is 60.7 Å². The van der Waals surface area contributed by atoms with Crippen LogP contribution in [0.5, 0.6) is 5.75 Å². The number of rotatable bonds is 4. The van der Waals surface area contributed by atoms with Gasteiger partial charge in [0.25, 0.3) is 5.91 Å². The molecular weight excluding hydrogens is 400 g/mol. The zero-order valence-corrected chi connectivity index (χ0v) is 16.6. The van der Waals surface area contributed by atoms with Crippen molar-refractivity contribution in [2.45, 2.75) is 12.5 Å². The van der Waals surface area contributed by atoms with Crippen molar-refractivity contribution in [1.82, 2.24) is 15.2 Å². The number of carbonyl (C=O) groups is 1. The first-order valence-electron chi connectivity index (χ1n) is 9.50. The van der Waals surface area contributed by atoms with Gasteiger partial charge in [0.2, 0.25) is 0 Å². The number of ether oxygens (including phenoxy) is 1. The minimum Gasteiger partial charge on any atom is -0.480 e. The summed E-state index contributed by atoms with van der Waals surface area (Å²) in [6.07, 6.45) is -0.134. The van der Waals surface area contributed by atoms with Crippen LogP contribution in [-0.2, 0) is 11.2 Å². The Bertz CT molecular complexity index is 1220. The normalized spacial score (nSPS) is 14.8. The highest BCUT2D eigenvalue weighted by Gasteiger charge is 2.29. The molecule has 2 N–H and O–H groups in total. The van der Waals surface area contributed by atoms with E-state index in [4.69, 9.17) is 16.3 Å². The molecule has 1 aliphatic rings. The molecule has 0 saturated heterocycles. The van der Waals surface area contributed by atoms with Gasteiger partial charge in [-0.3, -0.25) is 9.89 Å². The molecule has 4 aromatic rings. The van der Waals surface area contributed by atoms with Crippen LogP contribution in [0.4, 0.5) is 5.69 Å². The molecule has 0 spiro atoms. The van der Waals surface area contributed by atoms with Gasteiger partial charge < -0.3 is 10.1 Å². The van der Waals surface area contributed by atoms with Gasteiger partial charge in [-0.2, -0.15) is 5.10 Å². The Morgan fingerprint density at radius 3 is 2.73 bits per heavy atom. The van der Waals surface area contributed by atoms with E-state index in [1.54, 1.807) is 12.1 Å². The van der Waals surface area contributed by atoms with Crippen molar-refractivity contribution < 1.29 is 9.53 Å². The maximum Gasteiger partial charge on any atom is 0.265 e. The quantitative estimate of drug-likeness (QED) is 0.503. The fourth-order valence-electron chi connectivity index (χ4n) is 3.47. The molecule has 0 radical (unpaired) electrons. The van der Waals surface area contributed by atoms with E-state index >= 15 is 0 Å². The maximum atomic E-state index is 12.9. The van der Waals surface area contributed by atoms with Gasteiger partial charge in [0, 0.05) is 22.6 Å². The third kappa shape index (κ3) is 3.53. The predicted molar refractivity (Wildman–Crippen MR) is 115 cm³/mol. The molecule has 7 heteroatoms. The number of nitrogens with zero attached hydrogens (tertiary/aromatic N) is 2. The lowest BCUT2D eigenvalue weighted by Gasteiger charge is -2.13. The van der Waals surface area contributed by atoms with Crippen LogP contribution < -0.4 is 10.1 Å². The first-order chi connectivity index (χ1) is 14.7. The lowest BCUT2D eigenvalue weighted by molar-refractivity contribution is -0.122. The van der Waals surface area contributed by atoms with E-state index in [0.29, 0.717) is 34.5 Å². The van der Waals surface area contributed by atoms with E-state index < -0.39 is 6.10 Å². The number of H-pyrrole nitrogens is 1. The third-order valence-corrected chi connectivity index (χ3v) is 5.18. The second-order valence-electron chi connectivity index (χ2n) is 6.97. The number of aromatic nitrogens is 3. The van der Waals surface area contributed by atoms with Crippen LogP contribution in [0.2, 0.25) is 5.02 Å². The van der Waals surface area contributed by atoms with E-state index in [1.165, 1.54) is 0 Å². The van der Waals surface area contributed by atoms with Crippen LogP contribution in [0.1, 0.15) is 5.56 Å². The van der Waals surface area contributed by atoms with Crippen molar-refractivity contribution in [2.75, 3.05) is 5.32 Å². The second-order valence-corrected chi connectivity index (χ2v) is 7.41. The molecule has 5 rings (SSSR count). The molecule has 30 heavy (non-hydrogen) atoms. The second kappa shape index (κ2) is 7.65. The van der Waals surface area contributed by atoms with Crippen LogP contribution in [0.3, 0.4) is 0 Å². The molecule has 0 unspecified atom stereocenters. The summed E-state index contributed by atoms with van der Waals surface area (Å²) < 4.78 is 5.80. The summed E-state index contributed by atoms with van der Waals surface area (Å²) in [5.41, 5.74) is 3.23. The molecular formula is C23H17ClN4O2. The van der Waals surface area contributed by atoms with Crippen LogP contribution in [0.15, 0.2) is 72.8 Å². The number of fused-ring (bicyclic) bond motifs is 1. The van der Waals surface area contributed by atoms with Crippen molar-refractivity contribution in [1.29, 1.82) is 0 Å². The molecule has 0 fully saturated rings. The number of amides is 1. The largest absolute Gasteiger partial charge is 0.480 e. The van der Waals surface area contributed by atoms with E-state index in [9.17, 15) is 4.79 Å². The SMILES string of the molecule is O=C(Nc1ccccc1-c1nc(-c2ccccc2)n[nH]1)[C@H]1Cc2cc(Cl)ccc2O1. The van der Waals surface area contributed by atoms with Crippen molar-refractivity contribution in [3.63, 3.8) is 0 Å². The molecule has 148 valence electrons. The summed E-state index contributed by atoms with van der Waals surface area (Å²) >= 11 is 6.04. The van der Waals surface area contributed by atoms with Gasteiger partial charge >= 0.3 is 0 Å². The van der Waals surface area contributed by atoms with Crippen LogP contribution in [0.25, 0.3) is 22.8 Å². The Balaban J connectivity index is 1.37. The summed E-state index contributed by atoms with van der Waals surface area (Å²) in [6.45, 7) is 0. The van der Waals surface area contributed by atoms with Gasteiger partial charge in [-0.1, -0.05) is 54.1 Å². The van der Waals surface area contributed by atoms with Crippen molar-refractivity contribution >= 4 is 23.2 Å². The monoisotopic (exact) mass is 416 g/mol. The highest BCUT2D eigenvalue weighted by atomic mass is 35.5. The van der Waals surface area contributed by atoms with Gasteiger partial charge in [0.05, 0.1) is 5.69 Å². The highest BCUT2D eigenvalue weighted by Crippen LogP contribution is 2.32. The van der Waals surface area contributed by atoms with Crippen molar-refractivity contribution in [2.24, 2.45) is 0 Å². The standard InChI is InChI=1S/C23H17ClN4O2/c24-16-10-11-19-15(12-16)13-20(30-19)23(29)25-18-9-5-4-8-17(18)22-26-21(27-28-22)14-6-2-1-3-7-14/h1-12,20H,13H2,(H,25,29)(H,26,27,28)/t20-/m1/s1. The minimum atomic E-state index is -0.610. The lowest BCUT2D eigenvalue weighted by Crippen LogP contribution is -2.31. The lowest BCUT2D eigenvalue weighted by atomic mass is 10.1. The number of nitrogens with one attached hydrogen (secondary N) is 2. The minimum absolute atomic E-state index is 0.224. The van der Waals surface area contributed by atoms with E-state index in [0.717, 1.165) is 16.7 Å². The van der Waals surface area contributed by atoms with Crippen LogP contribution >= 0.6 is 11.6 Å². The van der Waals surface area contributed by atoms with Crippen LogP contribution in [-0.4, -0.2) is 27.2 Å². The number of para-hydroxylation sites is 1. The van der Waals surface area contributed by atoms with Gasteiger partial charge in [0.1, 0.15) is 5.75 Å². The molecule has 1 aliphatic heterocycles. The average Bonchev–Trinajstić information content (AvgIpc) is 3.42. The average molecular weight is 417 g/mol. The number of halogens is 1. The third-order valence-electron chi connectivity index (χ3n) is 4.95. The van der Waals surface area contributed by atoms with Gasteiger partial charge in [0.15, 0.2) is 17.8 Å². The summed E-state index contributed by atoms with van der Waals surface area (Å²) in [5, 5.41) is 10.9. The molecule has 1 aromatic heterocycles. The fourth-order valence-corrected chi connectivity index (χ4v) is 3.67. The number of hydrogen-bond donors (Lipinski definition) is 2. The maximum absolute atomic E-state index is 12.9. The Labute approximate surface area is 177 Å². The first-order valence-corrected chi connectivity index (χ1v) is 9.88. The smallest absolute Gasteiger partial charge is 0.265 e. The van der Waals surface area contributed by atoms with Gasteiger partial charge in [-0.05, 0) is 35.9 Å². The Kier molecular flexibility index (Phi) is 4.69. The number of anilines is 1. The molecule has 0 saturated carbocycles. The van der Waals surface area contributed by atoms with E-state index in [2.05, 4.69) is 20.5 Å². The number of aromatic amines is 1. The van der Waals surface area contributed by atoms with Gasteiger partial charge in [-0.25, -0.2) is 4.98 Å². The van der Waals surface area contributed by atoms with Gasteiger partial charge in [-0.15, -0.1) is 0 Å². The first kappa shape index (κ1) is 18.4. The Morgan fingerprint density at radius 2 is 1.87 bits per heavy atom. The molecule has 2 heterocycles. The molecule has 0 bridgehead atoms. The summed E-state index contributed by atoms with van der Waals surface area (Å²) in [5.74, 6) is 1.64. The summed E-state index contributed by atoms with van der Waals surface area (Å²) in [6, 6.07) is 22.5. The number of hydrogen-bond acceptors (Lipinski definition) is 4. The highest BCUT2D eigenvalue weighted by molar-refractivity contribution is 6.30. The summed E-state index contributed by atoms with van der Waals surface area (Å²) in [4.78, 5) is 17.5. The number of carbonyl (C=O) groups excluding carboxylic acids is 1. The zero-order valence-electron chi connectivity index (χ0n) is 15.8. The topological polar surface area (TPSA) is 79.9 Å². The summed E-state index contributed by atoms with van der Waals surface area (Å²) in [7, 11) is 0. The Hall–Kier alpha value is -3.64. The Morgan fingerprint density at radius 1 is 1.07 bits per heavy atom. The zero-order chi connectivity index (χ0) is 20.5. The van der Waals surface area contributed by atoms with Crippen molar-refractivity contribution in [3.05, 3.63) is 83.4 Å². The molecule has 3 aromatic carbocycles. The van der Waals surface area contributed by atoms with Crippen LogP contribution in [0, 0.1) is 0 Å². The number of benzene rings is 3. The molecule has 1 amide bonds.